The van der Waals surface area contributed by atoms with Gasteiger partial charge in [0.2, 0.25) is 5.91 Å². The second kappa shape index (κ2) is 5.77. The molecule has 0 atom stereocenters. The van der Waals surface area contributed by atoms with E-state index >= 15 is 0 Å². The van der Waals surface area contributed by atoms with E-state index in [0.717, 1.165) is 5.56 Å². The van der Waals surface area contributed by atoms with Gasteiger partial charge in [0.1, 0.15) is 13.2 Å². The molecule has 7 heteroatoms. The van der Waals surface area contributed by atoms with Gasteiger partial charge < -0.3 is 24.8 Å². The highest BCUT2D eigenvalue weighted by Gasteiger charge is 2.13. The van der Waals surface area contributed by atoms with Gasteiger partial charge in [-0.2, -0.15) is 0 Å². The number of H-pyrrole nitrogens is 2. The minimum atomic E-state index is -0.273. The molecule has 0 saturated carbocycles. The Morgan fingerprint density at radius 1 is 1.00 bits per heavy atom. The molecule has 0 spiro atoms. The van der Waals surface area contributed by atoms with Gasteiger partial charge in [-0.1, -0.05) is 6.07 Å². The minimum Gasteiger partial charge on any atom is -0.486 e. The largest absolute Gasteiger partial charge is 0.486 e. The smallest absolute Gasteiger partial charge is 0.323 e. The summed E-state index contributed by atoms with van der Waals surface area (Å²) in [6, 6.07) is 10.7. The summed E-state index contributed by atoms with van der Waals surface area (Å²) in [6.45, 7) is 1.05. The van der Waals surface area contributed by atoms with Crippen LogP contribution in [0.5, 0.6) is 11.5 Å². The van der Waals surface area contributed by atoms with Crippen molar-refractivity contribution in [2.45, 2.75) is 6.42 Å². The van der Waals surface area contributed by atoms with Gasteiger partial charge in [0.05, 0.1) is 17.5 Å². The van der Waals surface area contributed by atoms with Crippen LogP contribution >= 0.6 is 0 Å². The van der Waals surface area contributed by atoms with Crippen molar-refractivity contribution in [2.24, 2.45) is 0 Å². The zero-order valence-corrected chi connectivity index (χ0v) is 12.7. The molecule has 1 aliphatic heterocycles. The molecule has 0 radical (unpaired) electrons. The second-order valence-corrected chi connectivity index (χ2v) is 5.54. The van der Waals surface area contributed by atoms with E-state index in [0.29, 0.717) is 41.4 Å². The molecule has 1 aromatic heterocycles. The molecule has 7 nitrogen and oxygen atoms in total. The molecule has 2 heterocycles. The molecule has 0 fully saturated rings. The van der Waals surface area contributed by atoms with Crippen LogP contribution in [0.15, 0.2) is 41.2 Å². The van der Waals surface area contributed by atoms with Gasteiger partial charge >= 0.3 is 5.69 Å². The standard InChI is InChI=1S/C17H15N3O4/c21-16(8-10-1-4-14-15(7-10)24-6-5-23-14)18-11-2-3-12-13(9-11)20-17(22)19-12/h1-4,7,9H,5-6,8H2,(H,18,21)(H2,19,20,22). The van der Waals surface area contributed by atoms with Crippen LogP contribution in [-0.4, -0.2) is 29.1 Å². The Labute approximate surface area is 136 Å². The van der Waals surface area contributed by atoms with Crippen molar-refractivity contribution in [1.29, 1.82) is 0 Å². The van der Waals surface area contributed by atoms with E-state index in [4.69, 9.17) is 9.47 Å². The number of carbonyl (C=O) groups is 1. The molecule has 4 rings (SSSR count). The van der Waals surface area contributed by atoms with E-state index in [2.05, 4.69) is 15.3 Å². The number of nitrogens with one attached hydrogen (secondary N) is 3. The number of imidazole rings is 1. The van der Waals surface area contributed by atoms with E-state index < -0.39 is 0 Å². The number of amides is 1. The highest BCUT2D eigenvalue weighted by molar-refractivity contribution is 5.94. The number of hydrogen-bond acceptors (Lipinski definition) is 4. The molecule has 0 unspecified atom stereocenters. The first-order valence-corrected chi connectivity index (χ1v) is 7.58. The van der Waals surface area contributed by atoms with E-state index in [1.54, 1.807) is 18.2 Å². The maximum Gasteiger partial charge on any atom is 0.323 e. The predicted molar refractivity (Wildman–Crippen MR) is 88.7 cm³/mol. The lowest BCUT2D eigenvalue weighted by atomic mass is 10.1. The number of benzene rings is 2. The topological polar surface area (TPSA) is 96.2 Å². The molecular formula is C17H15N3O4. The Morgan fingerprint density at radius 3 is 2.67 bits per heavy atom. The van der Waals surface area contributed by atoms with Crippen LogP contribution in [-0.2, 0) is 11.2 Å². The van der Waals surface area contributed by atoms with Crippen LogP contribution in [0.25, 0.3) is 11.0 Å². The third kappa shape index (κ3) is 2.83. The number of fused-ring (bicyclic) bond motifs is 2. The quantitative estimate of drug-likeness (QED) is 0.684. The first-order chi connectivity index (χ1) is 11.7. The summed E-state index contributed by atoms with van der Waals surface area (Å²) in [5.41, 5.74) is 2.54. The second-order valence-electron chi connectivity index (χ2n) is 5.54. The van der Waals surface area contributed by atoms with Gasteiger partial charge in [0, 0.05) is 5.69 Å². The number of carbonyl (C=O) groups excluding carboxylic acids is 1. The van der Waals surface area contributed by atoms with Crippen LogP contribution in [0.1, 0.15) is 5.56 Å². The Bertz CT molecular complexity index is 973. The monoisotopic (exact) mass is 325 g/mol. The molecule has 0 bridgehead atoms. The molecule has 1 aliphatic rings. The van der Waals surface area contributed by atoms with Gasteiger partial charge in [-0.25, -0.2) is 4.79 Å². The van der Waals surface area contributed by atoms with Gasteiger partial charge in [-0.15, -0.1) is 0 Å². The molecular weight excluding hydrogens is 310 g/mol. The summed E-state index contributed by atoms with van der Waals surface area (Å²) < 4.78 is 11.0. The lowest BCUT2D eigenvalue weighted by molar-refractivity contribution is -0.115. The average molecular weight is 325 g/mol. The Balaban J connectivity index is 1.48. The SMILES string of the molecule is O=C(Cc1ccc2c(c1)OCCO2)Nc1ccc2[nH]c(=O)[nH]c2c1. The summed E-state index contributed by atoms with van der Waals surface area (Å²) in [4.78, 5) is 28.8. The Hall–Kier alpha value is -3.22. The summed E-state index contributed by atoms with van der Waals surface area (Å²) in [7, 11) is 0. The minimum absolute atomic E-state index is 0.149. The van der Waals surface area contributed by atoms with E-state index in [9.17, 15) is 9.59 Å². The van der Waals surface area contributed by atoms with Crippen LogP contribution in [0.2, 0.25) is 0 Å². The number of aromatic nitrogens is 2. The van der Waals surface area contributed by atoms with E-state index in [1.165, 1.54) is 0 Å². The predicted octanol–water partition coefficient (Wildman–Crippen LogP) is 1.81. The molecule has 3 aromatic rings. The maximum absolute atomic E-state index is 12.2. The maximum atomic E-state index is 12.2. The molecule has 0 aliphatic carbocycles. The van der Waals surface area contributed by atoms with Crippen molar-refractivity contribution < 1.29 is 14.3 Å². The molecule has 2 aromatic carbocycles. The molecule has 24 heavy (non-hydrogen) atoms. The van der Waals surface area contributed by atoms with Gasteiger partial charge in [-0.05, 0) is 35.9 Å². The van der Waals surface area contributed by atoms with Crippen LogP contribution < -0.4 is 20.5 Å². The van der Waals surface area contributed by atoms with E-state index in [1.807, 2.05) is 18.2 Å². The summed E-state index contributed by atoms with van der Waals surface area (Å²) in [5.74, 6) is 1.22. The van der Waals surface area contributed by atoms with Crippen molar-refractivity contribution in [1.82, 2.24) is 9.97 Å². The summed E-state index contributed by atoms with van der Waals surface area (Å²) in [6.07, 6.45) is 0.221. The number of aromatic amines is 2. The first kappa shape index (κ1) is 14.4. The van der Waals surface area contributed by atoms with Gasteiger partial charge in [0.25, 0.3) is 0 Å². The fourth-order valence-electron chi connectivity index (χ4n) is 2.70. The average Bonchev–Trinajstić information content (AvgIpc) is 2.94. The zero-order valence-electron chi connectivity index (χ0n) is 12.7. The highest BCUT2D eigenvalue weighted by Crippen LogP contribution is 2.30. The fourth-order valence-corrected chi connectivity index (χ4v) is 2.70. The fraction of sp³-hybridized carbons (Fsp3) is 0.176. The highest BCUT2D eigenvalue weighted by atomic mass is 16.6. The number of rotatable bonds is 3. The Morgan fingerprint density at radius 2 is 1.79 bits per heavy atom. The van der Waals surface area contributed by atoms with Crippen molar-refractivity contribution in [3.05, 3.63) is 52.4 Å². The van der Waals surface area contributed by atoms with Gasteiger partial charge in [-0.3, -0.25) is 4.79 Å². The molecule has 3 N–H and O–H groups in total. The third-order valence-electron chi connectivity index (χ3n) is 3.77. The van der Waals surface area contributed by atoms with Crippen molar-refractivity contribution in [2.75, 3.05) is 18.5 Å². The normalized spacial score (nSPS) is 13.0. The number of anilines is 1. The van der Waals surface area contributed by atoms with Crippen LogP contribution in [0, 0.1) is 0 Å². The number of ether oxygens (including phenoxy) is 2. The summed E-state index contributed by atoms with van der Waals surface area (Å²) >= 11 is 0. The van der Waals surface area contributed by atoms with Crippen LogP contribution in [0.3, 0.4) is 0 Å². The van der Waals surface area contributed by atoms with Gasteiger partial charge in [0.15, 0.2) is 11.5 Å². The lowest BCUT2D eigenvalue weighted by Crippen LogP contribution is -2.17. The van der Waals surface area contributed by atoms with Crippen molar-refractivity contribution in [3.63, 3.8) is 0 Å². The lowest BCUT2D eigenvalue weighted by Gasteiger charge is -2.18. The molecule has 1 amide bonds. The summed E-state index contributed by atoms with van der Waals surface area (Å²) in [5, 5.41) is 2.82. The van der Waals surface area contributed by atoms with Crippen molar-refractivity contribution >= 4 is 22.6 Å². The first-order valence-electron chi connectivity index (χ1n) is 7.58. The van der Waals surface area contributed by atoms with Crippen molar-refractivity contribution in [3.8, 4) is 11.5 Å². The Kier molecular flexibility index (Phi) is 3.45. The molecule has 0 saturated heterocycles. The third-order valence-corrected chi connectivity index (χ3v) is 3.77. The van der Waals surface area contributed by atoms with E-state index in [-0.39, 0.29) is 18.0 Å². The zero-order chi connectivity index (χ0) is 16.5. The number of hydrogen-bond donors (Lipinski definition) is 3. The molecule has 122 valence electrons. The van der Waals surface area contributed by atoms with Crippen LogP contribution in [0.4, 0.5) is 5.69 Å².